The first kappa shape index (κ1) is 20.0. The van der Waals surface area contributed by atoms with Gasteiger partial charge in [0.25, 0.3) is 0 Å². The summed E-state index contributed by atoms with van der Waals surface area (Å²) in [6.45, 7) is 8.31. The summed E-state index contributed by atoms with van der Waals surface area (Å²) < 4.78 is 7.10. The van der Waals surface area contributed by atoms with Crippen molar-refractivity contribution in [3.05, 3.63) is 17.0 Å². The highest BCUT2D eigenvalue weighted by atomic mass is 16.5. The van der Waals surface area contributed by atoms with E-state index in [2.05, 4.69) is 24.3 Å². The van der Waals surface area contributed by atoms with E-state index in [0.29, 0.717) is 13.2 Å². The van der Waals surface area contributed by atoms with E-state index in [1.165, 1.54) is 32.1 Å². The highest BCUT2D eigenvalue weighted by Gasteiger charge is 2.26. The van der Waals surface area contributed by atoms with Crippen LogP contribution in [0.25, 0.3) is 0 Å². The standard InChI is InChI=1S/C20H35N3O2/c1-5-6-7-17-8-10-18(11-9-17)20(24)21-14-19-15(2)22-23(16(19)3)12-13-25-4/h17-18H,5-14H2,1-4H3,(H,21,24). The number of methoxy groups -OCH3 is 1. The first-order valence-corrected chi connectivity index (χ1v) is 9.86. The third-order valence-corrected chi connectivity index (χ3v) is 5.66. The summed E-state index contributed by atoms with van der Waals surface area (Å²) in [5, 5.41) is 7.72. The number of nitrogens with zero attached hydrogens (tertiary/aromatic N) is 2. The molecule has 1 aromatic rings. The van der Waals surface area contributed by atoms with Gasteiger partial charge in [-0.25, -0.2) is 0 Å². The lowest BCUT2D eigenvalue weighted by molar-refractivity contribution is -0.126. The molecular weight excluding hydrogens is 314 g/mol. The number of aryl methyl sites for hydroxylation is 1. The number of hydrogen-bond acceptors (Lipinski definition) is 3. The summed E-state index contributed by atoms with van der Waals surface area (Å²) >= 11 is 0. The normalized spacial score (nSPS) is 20.6. The predicted molar refractivity (Wildman–Crippen MR) is 100 cm³/mol. The van der Waals surface area contributed by atoms with Crippen molar-refractivity contribution in [3.63, 3.8) is 0 Å². The van der Waals surface area contributed by atoms with Gasteiger partial charge in [-0.2, -0.15) is 5.10 Å². The van der Waals surface area contributed by atoms with E-state index >= 15 is 0 Å². The monoisotopic (exact) mass is 349 g/mol. The highest BCUT2D eigenvalue weighted by molar-refractivity contribution is 5.78. The van der Waals surface area contributed by atoms with E-state index in [1.54, 1.807) is 7.11 Å². The van der Waals surface area contributed by atoms with Crippen LogP contribution in [-0.2, 0) is 22.6 Å². The number of unbranched alkanes of at least 4 members (excludes halogenated alkanes) is 1. The number of carbonyl (C=O) groups excluding carboxylic acids is 1. The third-order valence-electron chi connectivity index (χ3n) is 5.66. The van der Waals surface area contributed by atoms with Gasteiger partial charge in [0.1, 0.15) is 0 Å². The minimum absolute atomic E-state index is 0.196. The molecule has 25 heavy (non-hydrogen) atoms. The molecule has 5 heteroatoms. The topological polar surface area (TPSA) is 56.2 Å². The van der Waals surface area contributed by atoms with Gasteiger partial charge in [-0.05, 0) is 45.4 Å². The van der Waals surface area contributed by atoms with Crippen LogP contribution in [0.4, 0.5) is 0 Å². The summed E-state index contributed by atoms with van der Waals surface area (Å²) in [6.07, 6.45) is 8.46. The number of hydrogen-bond donors (Lipinski definition) is 1. The van der Waals surface area contributed by atoms with E-state index in [9.17, 15) is 4.79 Å². The lowest BCUT2D eigenvalue weighted by atomic mass is 9.79. The molecule has 5 nitrogen and oxygen atoms in total. The lowest BCUT2D eigenvalue weighted by Crippen LogP contribution is -2.33. The molecule has 1 aliphatic carbocycles. The molecule has 1 fully saturated rings. The zero-order chi connectivity index (χ0) is 18.2. The summed E-state index contributed by atoms with van der Waals surface area (Å²) in [4.78, 5) is 12.5. The molecule has 1 amide bonds. The molecule has 1 saturated carbocycles. The van der Waals surface area contributed by atoms with Crippen molar-refractivity contribution in [2.24, 2.45) is 11.8 Å². The largest absolute Gasteiger partial charge is 0.383 e. The second-order valence-electron chi connectivity index (χ2n) is 7.44. The minimum atomic E-state index is 0.196. The van der Waals surface area contributed by atoms with Crippen LogP contribution in [-0.4, -0.2) is 29.4 Å². The van der Waals surface area contributed by atoms with Crippen molar-refractivity contribution in [1.82, 2.24) is 15.1 Å². The molecule has 0 aliphatic heterocycles. The fourth-order valence-corrected chi connectivity index (χ4v) is 3.91. The van der Waals surface area contributed by atoms with Gasteiger partial charge < -0.3 is 10.1 Å². The van der Waals surface area contributed by atoms with Gasteiger partial charge in [0.2, 0.25) is 5.91 Å². The van der Waals surface area contributed by atoms with Gasteiger partial charge in [-0.15, -0.1) is 0 Å². The Bertz CT molecular complexity index is 545. The summed E-state index contributed by atoms with van der Waals surface area (Å²) in [7, 11) is 1.70. The van der Waals surface area contributed by atoms with E-state index in [1.807, 2.05) is 11.6 Å². The van der Waals surface area contributed by atoms with Crippen LogP contribution in [0.2, 0.25) is 0 Å². The van der Waals surface area contributed by atoms with Gasteiger partial charge in [0.15, 0.2) is 0 Å². The molecular formula is C20H35N3O2. The SMILES string of the molecule is CCCCC1CCC(C(=O)NCc2c(C)nn(CCOC)c2C)CC1. The number of nitrogens with one attached hydrogen (secondary N) is 1. The first-order valence-electron chi connectivity index (χ1n) is 9.86. The van der Waals surface area contributed by atoms with Crippen LogP contribution < -0.4 is 5.32 Å². The maximum Gasteiger partial charge on any atom is 0.223 e. The molecule has 142 valence electrons. The Kier molecular flexibility index (Phi) is 7.94. The number of ether oxygens (including phenoxy) is 1. The highest BCUT2D eigenvalue weighted by Crippen LogP contribution is 2.32. The average molecular weight is 350 g/mol. The molecule has 1 aromatic heterocycles. The summed E-state index contributed by atoms with van der Waals surface area (Å²) in [5.74, 6) is 1.26. The third kappa shape index (κ3) is 5.56. The number of aromatic nitrogens is 2. The smallest absolute Gasteiger partial charge is 0.223 e. The molecule has 0 spiro atoms. The Morgan fingerprint density at radius 2 is 2.00 bits per heavy atom. The maximum atomic E-state index is 12.5. The van der Waals surface area contributed by atoms with Crippen LogP contribution in [0.3, 0.4) is 0 Å². The van der Waals surface area contributed by atoms with Gasteiger partial charge in [-0.1, -0.05) is 26.2 Å². The van der Waals surface area contributed by atoms with E-state index in [0.717, 1.165) is 42.3 Å². The van der Waals surface area contributed by atoms with Gasteiger partial charge in [0, 0.05) is 30.8 Å². The zero-order valence-corrected chi connectivity index (χ0v) is 16.4. The fraction of sp³-hybridized carbons (Fsp3) is 0.800. The number of carbonyl (C=O) groups is 1. The van der Waals surface area contributed by atoms with E-state index < -0.39 is 0 Å². The van der Waals surface area contributed by atoms with Crippen molar-refractivity contribution >= 4 is 5.91 Å². The Hall–Kier alpha value is -1.36. The second kappa shape index (κ2) is 9.95. The molecule has 0 unspecified atom stereocenters. The van der Waals surface area contributed by atoms with Crippen molar-refractivity contribution in [3.8, 4) is 0 Å². The maximum absolute atomic E-state index is 12.5. The molecule has 1 N–H and O–H groups in total. The van der Waals surface area contributed by atoms with Crippen LogP contribution in [0.5, 0.6) is 0 Å². The molecule has 0 bridgehead atoms. The molecule has 2 rings (SSSR count). The molecule has 0 atom stereocenters. The van der Waals surface area contributed by atoms with Gasteiger partial charge in [0.05, 0.1) is 18.8 Å². The van der Waals surface area contributed by atoms with Crippen molar-refractivity contribution in [2.75, 3.05) is 13.7 Å². The second-order valence-corrected chi connectivity index (χ2v) is 7.44. The molecule has 0 radical (unpaired) electrons. The Labute approximate surface area is 152 Å². The van der Waals surface area contributed by atoms with Crippen LogP contribution in [0, 0.1) is 25.7 Å². The summed E-state index contributed by atoms with van der Waals surface area (Å²) in [6, 6.07) is 0. The minimum Gasteiger partial charge on any atom is -0.383 e. The van der Waals surface area contributed by atoms with Crippen molar-refractivity contribution in [2.45, 2.75) is 78.8 Å². The molecule has 1 heterocycles. The van der Waals surface area contributed by atoms with Gasteiger partial charge in [-0.3, -0.25) is 9.48 Å². The summed E-state index contributed by atoms with van der Waals surface area (Å²) in [5.41, 5.74) is 3.26. The Morgan fingerprint density at radius 3 is 2.64 bits per heavy atom. The fourth-order valence-electron chi connectivity index (χ4n) is 3.91. The van der Waals surface area contributed by atoms with Crippen LogP contribution in [0.1, 0.15) is 68.8 Å². The van der Waals surface area contributed by atoms with Crippen molar-refractivity contribution < 1.29 is 9.53 Å². The molecule has 0 aromatic carbocycles. The predicted octanol–water partition coefficient (Wildman–Crippen LogP) is 3.76. The van der Waals surface area contributed by atoms with E-state index in [4.69, 9.17) is 4.74 Å². The Balaban J connectivity index is 1.81. The molecule has 1 aliphatic rings. The zero-order valence-electron chi connectivity index (χ0n) is 16.4. The quantitative estimate of drug-likeness (QED) is 0.738. The average Bonchev–Trinajstić information content (AvgIpc) is 2.89. The number of rotatable bonds is 9. The lowest BCUT2D eigenvalue weighted by Gasteiger charge is -2.27. The van der Waals surface area contributed by atoms with Crippen LogP contribution >= 0.6 is 0 Å². The van der Waals surface area contributed by atoms with E-state index in [-0.39, 0.29) is 11.8 Å². The first-order chi connectivity index (χ1) is 12.1. The van der Waals surface area contributed by atoms with Gasteiger partial charge >= 0.3 is 0 Å². The Morgan fingerprint density at radius 1 is 1.28 bits per heavy atom. The van der Waals surface area contributed by atoms with Crippen molar-refractivity contribution in [1.29, 1.82) is 0 Å². The van der Waals surface area contributed by atoms with Crippen LogP contribution in [0.15, 0.2) is 0 Å². The molecule has 0 saturated heterocycles. The number of amides is 1.